The quantitative estimate of drug-likeness (QED) is 0.582. The molecule has 10 heavy (non-hydrogen) atoms. The molecular formula is C9H22As. The predicted molar refractivity (Wildman–Crippen MR) is 52.4 cm³/mol. The van der Waals surface area contributed by atoms with E-state index in [1.165, 1.54) is 19.3 Å². The molecular weight excluding hydrogens is 183 g/mol. The van der Waals surface area contributed by atoms with Gasteiger partial charge in [-0.15, -0.1) is 0 Å². The van der Waals surface area contributed by atoms with Crippen LogP contribution in [0.25, 0.3) is 0 Å². The van der Waals surface area contributed by atoms with Gasteiger partial charge in [-0.25, -0.2) is 0 Å². The molecule has 0 aliphatic rings. The maximum absolute atomic E-state index is 2.33. The van der Waals surface area contributed by atoms with Gasteiger partial charge in [-0.1, -0.05) is 0 Å². The molecule has 0 unspecified atom stereocenters. The Labute approximate surface area is 70.7 Å². The number of hydrogen-bond donors (Lipinski definition) is 0. The average molecular weight is 205 g/mol. The predicted octanol–water partition coefficient (Wildman–Crippen LogP) is 3.44. The first-order valence-electron chi connectivity index (χ1n) is 4.68. The molecule has 0 bridgehead atoms. The summed E-state index contributed by atoms with van der Waals surface area (Å²) in [5, 5.41) is 4.84. The summed E-state index contributed by atoms with van der Waals surface area (Å²) in [6, 6.07) is 0. The zero-order valence-corrected chi connectivity index (χ0v) is 9.84. The monoisotopic (exact) mass is 205 g/mol. The molecule has 0 heterocycles. The van der Waals surface area contributed by atoms with Gasteiger partial charge in [0.05, 0.1) is 0 Å². The van der Waals surface area contributed by atoms with Gasteiger partial charge in [0.2, 0.25) is 0 Å². The van der Waals surface area contributed by atoms with E-state index >= 15 is 0 Å². The number of rotatable bonds is 6. The van der Waals surface area contributed by atoms with E-state index in [0.717, 1.165) is 0 Å². The van der Waals surface area contributed by atoms with E-state index in [1.807, 2.05) is 0 Å². The second-order valence-corrected chi connectivity index (χ2v) is 9.29. The van der Waals surface area contributed by atoms with E-state index in [4.69, 9.17) is 0 Å². The fraction of sp³-hybridized carbons (Fsp3) is 1.00. The SMILES string of the molecule is CCC[AsH](CCC)CCC. The van der Waals surface area contributed by atoms with Crippen molar-refractivity contribution in [2.24, 2.45) is 0 Å². The van der Waals surface area contributed by atoms with Crippen LogP contribution in [0.3, 0.4) is 0 Å². The van der Waals surface area contributed by atoms with Gasteiger partial charge < -0.3 is 0 Å². The van der Waals surface area contributed by atoms with Crippen molar-refractivity contribution in [3.63, 3.8) is 0 Å². The minimum atomic E-state index is -0.486. The van der Waals surface area contributed by atoms with Crippen LogP contribution >= 0.6 is 0 Å². The molecule has 0 spiro atoms. The molecule has 0 aliphatic carbocycles. The summed E-state index contributed by atoms with van der Waals surface area (Å²) < 4.78 is 0. The maximum atomic E-state index is 2.33. The fourth-order valence-electron chi connectivity index (χ4n) is 1.44. The van der Waals surface area contributed by atoms with Crippen molar-refractivity contribution >= 4 is 14.7 Å². The molecule has 0 atom stereocenters. The molecule has 1 radical (unpaired) electrons. The standard InChI is InChI=1S/C9H22As/c1-4-7-10(8-5-2)9-6-3/h10H,4-9H2,1-3H3. The van der Waals surface area contributed by atoms with Crippen LogP contribution in [0.15, 0.2) is 0 Å². The Balaban J connectivity index is 3.30. The van der Waals surface area contributed by atoms with Gasteiger partial charge in [0.1, 0.15) is 0 Å². The summed E-state index contributed by atoms with van der Waals surface area (Å²) in [7, 11) is 0. The molecule has 0 saturated carbocycles. The Morgan fingerprint density at radius 1 is 0.700 bits per heavy atom. The summed E-state index contributed by atoms with van der Waals surface area (Å²) in [5.74, 6) is 0. The summed E-state index contributed by atoms with van der Waals surface area (Å²) in [4.78, 5) is 0. The molecule has 0 N–H and O–H groups in total. The van der Waals surface area contributed by atoms with Crippen LogP contribution in [0.1, 0.15) is 40.0 Å². The van der Waals surface area contributed by atoms with Crippen LogP contribution in [0.5, 0.6) is 0 Å². The molecule has 0 fully saturated rings. The normalized spacial score (nSPS) is 10.8. The molecule has 0 aromatic carbocycles. The van der Waals surface area contributed by atoms with Crippen molar-refractivity contribution in [1.82, 2.24) is 0 Å². The summed E-state index contributed by atoms with van der Waals surface area (Å²) in [6.45, 7) is 6.99. The molecule has 0 aromatic rings. The van der Waals surface area contributed by atoms with E-state index in [0.29, 0.717) is 0 Å². The van der Waals surface area contributed by atoms with Crippen LogP contribution in [0, 0.1) is 0 Å². The first-order valence-corrected chi connectivity index (χ1v) is 9.13. The number of hydrogen-bond acceptors (Lipinski definition) is 0. The summed E-state index contributed by atoms with van der Waals surface area (Å²) in [6.07, 6.45) is 4.32. The van der Waals surface area contributed by atoms with Gasteiger partial charge in [-0.3, -0.25) is 0 Å². The van der Waals surface area contributed by atoms with Gasteiger partial charge in [0, 0.05) is 0 Å². The average Bonchev–Trinajstić information content (AvgIpc) is 1.90. The molecule has 0 aromatic heterocycles. The molecule has 63 valence electrons. The molecule has 0 saturated heterocycles. The third-order valence-electron chi connectivity index (χ3n) is 1.81. The summed E-state index contributed by atoms with van der Waals surface area (Å²) in [5.41, 5.74) is 0. The zero-order valence-electron chi connectivity index (χ0n) is 7.74. The van der Waals surface area contributed by atoms with Crippen LogP contribution in [-0.4, -0.2) is 14.7 Å². The Morgan fingerprint density at radius 3 is 1.20 bits per heavy atom. The van der Waals surface area contributed by atoms with Crippen LogP contribution in [0.4, 0.5) is 0 Å². The van der Waals surface area contributed by atoms with E-state index in [-0.39, 0.29) is 0 Å². The van der Waals surface area contributed by atoms with Crippen LogP contribution in [0.2, 0.25) is 15.6 Å². The van der Waals surface area contributed by atoms with Gasteiger partial charge in [0.25, 0.3) is 0 Å². The Bertz CT molecular complexity index is 47.5. The second-order valence-electron chi connectivity index (χ2n) is 3.00. The van der Waals surface area contributed by atoms with Crippen molar-refractivity contribution in [1.29, 1.82) is 0 Å². The van der Waals surface area contributed by atoms with Crippen molar-refractivity contribution < 1.29 is 0 Å². The van der Waals surface area contributed by atoms with Crippen molar-refractivity contribution in [3.05, 3.63) is 0 Å². The zero-order chi connectivity index (χ0) is 7.82. The van der Waals surface area contributed by atoms with E-state index in [1.54, 1.807) is 15.6 Å². The molecule has 0 rings (SSSR count). The van der Waals surface area contributed by atoms with Gasteiger partial charge in [0.15, 0.2) is 0 Å². The van der Waals surface area contributed by atoms with Gasteiger partial charge in [-0.2, -0.15) is 0 Å². The van der Waals surface area contributed by atoms with Gasteiger partial charge >= 0.3 is 70.3 Å². The van der Waals surface area contributed by atoms with E-state index in [9.17, 15) is 0 Å². The minimum absolute atomic E-state index is 0.486. The first kappa shape index (κ1) is 10.6. The van der Waals surface area contributed by atoms with E-state index in [2.05, 4.69) is 20.8 Å². The molecule has 1 heteroatoms. The van der Waals surface area contributed by atoms with Crippen molar-refractivity contribution in [2.75, 3.05) is 0 Å². The fourth-order valence-corrected chi connectivity index (χ4v) is 7.46. The van der Waals surface area contributed by atoms with Crippen LogP contribution < -0.4 is 0 Å². The molecule has 0 aliphatic heterocycles. The third kappa shape index (κ3) is 5.35. The Hall–Kier alpha value is 0.558. The third-order valence-corrected chi connectivity index (χ3v) is 9.41. The van der Waals surface area contributed by atoms with E-state index < -0.39 is 14.7 Å². The van der Waals surface area contributed by atoms with Crippen molar-refractivity contribution in [2.45, 2.75) is 55.7 Å². The summed E-state index contributed by atoms with van der Waals surface area (Å²) >= 11 is -0.486. The topological polar surface area (TPSA) is 0 Å². The van der Waals surface area contributed by atoms with Crippen LogP contribution in [-0.2, 0) is 0 Å². The molecule has 0 nitrogen and oxygen atoms in total. The molecule has 0 amide bonds. The van der Waals surface area contributed by atoms with Crippen molar-refractivity contribution in [3.8, 4) is 0 Å². The Morgan fingerprint density at radius 2 is 1.00 bits per heavy atom. The van der Waals surface area contributed by atoms with Gasteiger partial charge in [-0.05, 0) is 0 Å². The first-order chi connectivity index (χ1) is 4.85. The second kappa shape index (κ2) is 7.66. The Kier molecular flexibility index (Phi) is 8.09.